The standard InChI is InChI=1S/C14H17NO5S2/c1-10(14(17)18)21-12-5-3-2-4-11(12)13(16)15-6-8-22(19,20)9-7-15/h2-5,10H,6-9H2,1H3,(H,17,18). The van der Waals surface area contributed by atoms with Crippen LogP contribution in [0.15, 0.2) is 29.2 Å². The molecule has 8 heteroatoms. The lowest BCUT2D eigenvalue weighted by Crippen LogP contribution is -2.43. The van der Waals surface area contributed by atoms with Crippen molar-refractivity contribution in [1.29, 1.82) is 0 Å². The molecule has 120 valence electrons. The third-order valence-corrected chi connectivity index (χ3v) is 6.17. The van der Waals surface area contributed by atoms with Gasteiger partial charge >= 0.3 is 5.97 Å². The Hall–Kier alpha value is -1.54. The van der Waals surface area contributed by atoms with Crippen LogP contribution in [-0.4, -0.2) is 60.1 Å². The van der Waals surface area contributed by atoms with Crippen molar-refractivity contribution in [3.05, 3.63) is 29.8 Å². The topological polar surface area (TPSA) is 91.8 Å². The third-order valence-electron chi connectivity index (χ3n) is 3.40. The van der Waals surface area contributed by atoms with Gasteiger partial charge in [0.2, 0.25) is 0 Å². The quantitative estimate of drug-likeness (QED) is 0.824. The van der Waals surface area contributed by atoms with Crippen LogP contribution >= 0.6 is 11.8 Å². The summed E-state index contributed by atoms with van der Waals surface area (Å²) >= 11 is 1.11. The van der Waals surface area contributed by atoms with Crippen LogP contribution in [0.4, 0.5) is 0 Å². The summed E-state index contributed by atoms with van der Waals surface area (Å²) in [5, 5.41) is 8.33. The van der Waals surface area contributed by atoms with E-state index in [1.54, 1.807) is 31.2 Å². The molecule has 1 aromatic carbocycles. The average Bonchev–Trinajstić information content (AvgIpc) is 2.47. The van der Waals surface area contributed by atoms with Crippen LogP contribution in [0.1, 0.15) is 17.3 Å². The molecule has 1 unspecified atom stereocenters. The minimum Gasteiger partial charge on any atom is -0.480 e. The Balaban J connectivity index is 2.18. The number of rotatable bonds is 4. The molecule has 1 amide bonds. The molecule has 1 heterocycles. The number of carbonyl (C=O) groups excluding carboxylic acids is 1. The van der Waals surface area contributed by atoms with Crippen LogP contribution in [-0.2, 0) is 14.6 Å². The summed E-state index contributed by atoms with van der Waals surface area (Å²) in [4.78, 5) is 25.6. The molecule has 2 rings (SSSR count). The Morgan fingerprint density at radius 3 is 2.41 bits per heavy atom. The molecule has 1 aliphatic heterocycles. The summed E-state index contributed by atoms with van der Waals surface area (Å²) in [7, 11) is -3.05. The second-order valence-electron chi connectivity index (χ2n) is 5.04. The average molecular weight is 343 g/mol. The smallest absolute Gasteiger partial charge is 0.316 e. The van der Waals surface area contributed by atoms with E-state index in [0.717, 1.165) is 11.8 Å². The number of amides is 1. The van der Waals surface area contributed by atoms with Gasteiger partial charge in [0.05, 0.1) is 17.1 Å². The zero-order valence-electron chi connectivity index (χ0n) is 12.1. The monoisotopic (exact) mass is 343 g/mol. The SMILES string of the molecule is CC(Sc1ccccc1C(=O)N1CCS(=O)(=O)CC1)C(=O)O. The maximum atomic E-state index is 12.6. The summed E-state index contributed by atoms with van der Waals surface area (Å²) in [6.45, 7) is 1.91. The van der Waals surface area contributed by atoms with E-state index in [9.17, 15) is 18.0 Å². The summed E-state index contributed by atoms with van der Waals surface area (Å²) in [6.07, 6.45) is 0. The number of aliphatic carboxylic acids is 1. The van der Waals surface area contributed by atoms with Crippen molar-refractivity contribution in [2.24, 2.45) is 0 Å². The van der Waals surface area contributed by atoms with Crippen LogP contribution in [0.2, 0.25) is 0 Å². The molecular formula is C14H17NO5S2. The van der Waals surface area contributed by atoms with Crippen molar-refractivity contribution in [2.45, 2.75) is 17.1 Å². The fourth-order valence-corrected chi connectivity index (χ4v) is 4.20. The first kappa shape index (κ1) is 16.8. The van der Waals surface area contributed by atoms with Gasteiger partial charge < -0.3 is 10.0 Å². The number of carboxylic acid groups (broad SMARTS) is 1. The van der Waals surface area contributed by atoms with Gasteiger partial charge in [0, 0.05) is 18.0 Å². The highest BCUT2D eigenvalue weighted by Gasteiger charge is 2.27. The van der Waals surface area contributed by atoms with E-state index in [4.69, 9.17) is 5.11 Å². The second-order valence-corrected chi connectivity index (χ2v) is 8.72. The molecule has 1 fully saturated rings. The summed E-state index contributed by atoms with van der Waals surface area (Å²) in [6, 6.07) is 6.80. The zero-order chi connectivity index (χ0) is 16.3. The maximum absolute atomic E-state index is 12.6. The number of carbonyl (C=O) groups is 2. The van der Waals surface area contributed by atoms with Crippen LogP contribution in [0.3, 0.4) is 0 Å². The van der Waals surface area contributed by atoms with Gasteiger partial charge in [-0.2, -0.15) is 0 Å². The van der Waals surface area contributed by atoms with Crippen molar-refractivity contribution in [3.63, 3.8) is 0 Å². The maximum Gasteiger partial charge on any atom is 0.316 e. The number of sulfone groups is 1. The molecule has 1 aliphatic rings. The summed E-state index contributed by atoms with van der Waals surface area (Å²) < 4.78 is 22.9. The molecule has 0 aliphatic carbocycles. The van der Waals surface area contributed by atoms with Gasteiger partial charge in [-0.3, -0.25) is 9.59 Å². The first-order valence-corrected chi connectivity index (χ1v) is 9.48. The molecular weight excluding hydrogens is 326 g/mol. The third kappa shape index (κ3) is 4.01. The molecule has 1 atom stereocenters. The first-order valence-electron chi connectivity index (χ1n) is 6.78. The van der Waals surface area contributed by atoms with Crippen molar-refractivity contribution in [3.8, 4) is 0 Å². The van der Waals surface area contributed by atoms with Gasteiger partial charge in [-0.05, 0) is 19.1 Å². The minimum atomic E-state index is -3.05. The predicted octanol–water partition coefficient (Wildman–Crippen LogP) is 1.12. The Labute approximate surface area is 133 Å². The Morgan fingerprint density at radius 2 is 1.82 bits per heavy atom. The van der Waals surface area contributed by atoms with Gasteiger partial charge in [0.1, 0.15) is 5.25 Å². The molecule has 1 saturated heterocycles. The van der Waals surface area contributed by atoms with Crippen LogP contribution in [0, 0.1) is 0 Å². The highest BCUT2D eigenvalue weighted by Crippen LogP contribution is 2.28. The van der Waals surface area contributed by atoms with Gasteiger partial charge in [0.25, 0.3) is 5.91 Å². The molecule has 6 nitrogen and oxygen atoms in total. The Kier molecular flexibility index (Phi) is 5.12. The van der Waals surface area contributed by atoms with Gasteiger partial charge in [-0.15, -0.1) is 11.8 Å². The first-order chi connectivity index (χ1) is 10.3. The Morgan fingerprint density at radius 1 is 1.23 bits per heavy atom. The van der Waals surface area contributed by atoms with E-state index in [1.165, 1.54) is 4.90 Å². The van der Waals surface area contributed by atoms with E-state index >= 15 is 0 Å². The number of benzene rings is 1. The normalized spacial score (nSPS) is 18.7. The fraction of sp³-hybridized carbons (Fsp3) is 0.429. The zero-order valence-corrected chi connectivity index (χ0v) is 13.7. The highest BCUT2D eigenvalue weighted by atomic mass is 32.2. The number of hydrogen-bond donors (Lipinski definition) is 1. The van der Waals surface area contributed by atoms with Crippen LogP contribution < -0.4 is 0 Å². The lowest BCUT2D eigenvalue weighted by molar-refractivity contribution is -0.136. The molecule has 0 spiro atoms. The van der Waals surface area contributed by atoms with Crippen molar-refractivity contribution in [2.75, 3.05) is 24.6 Å². The lowest BCUT2D eigenvalue weighted by atomic mass is 10.2. The van der Waals surface area contributed by atoms with Gasteiger partial charge in [-0.1, -0.05) is 12.1 Å². The highest BCUT2D eigenvalue weighted by molar-refractivity contribution is 8.00. The minimum absolute atomic E-state index is 0.0282. The predicted molar refractivity (Wildman–Crippen MR) is 84.0 cm³/mol. The molecule has 22 heavy (non-hydrogen) atoms. The lowest BCUT2D eigenvalue weighted by Gasteiger charge is -2.27. The van der Waals surface area contributed by atoms with Gasteiger partial charge in [0.15, 0.2) is 9.84 Å². The molecule has 0 aromatic heterocycles. The summed E-state index contributed by atoms with van der Waals surface area (Å²) in [5.74, 6) is -1.26. The van der Waals surface area contributed by atoms with Crippen molar-refractivity contribution >= 4 is 33.5 Å². The number of thioether (sulfide) groups is 1. The molecule has 1 N–H and O–H groups in total. The molecule has 0 radical (unpaired) electrons. The number of nitrogens with zero attached hydrogens (tertiary/aromatic N) is 1. The van der Waals surface area contributed by atoms with Crippen molar-refractivity contribution < 1.29 is 23.1 Å². The van der Waals surface area contributed by atoms with E-state index in [0.29, 0.717) is 10.5 Å². The van der Waals surface area contributed by atoms with E-state index < -0.39 is 21.1 Å². The largest absolute Gasteiger partial charge is 0.480 e. The molecule has 1 aromatic rings. The van der Waals surface area contributed by atoms with E-state index in [2.05, 4.69) is 0 Å². The molecule has 0 saturated carbocycles. The van der Waals surface area contributed by atoms with Crippen LogP contribution in [0.5, 0.6) is 0 Å². The Bertz CT molecular complexity index is 672. The fourth-order valence-electron chi connectivity index (χ4n) is 2.07. The van der Waals surface area contributed by atoms with E-state index in [1.807, 2.05) is 0 Å². The number of carboxylic acids is 1. The summed E-state index contributed by atoms with van der Waals surface area (Å²) in [5.41, 5.74) is 0.417. The van der Waals surface area contributed by atoms with Gasteiger partial charge in [-0.25, -0.2) is 8.42 Å². The van der Waals surface area contributed by atoms with Crippen molar-refractivity contribution in [1.82, 2.24) is 4.90 Å². The van der Waals surface area contributed by atoms with Crippen LogP contribution in [0.25, 0.3) is 0 Å². The second kappa shape index (κ2) is 6.70. The molecule has 0 bridgehead atoms. The van der Waals surface area contributed by atoms with E-state index in [-0.39, 0.29) is 30.5 Å². The number of hydrogen-bond acceptors (Lipinski definition) is 5.